The number of aryl methyl sites for hydroxylation is 1. The minimum Gasteiger partial charge on any atom is -0.493 e. The number of hydrazone groups is 1. The summed E-state index contributed by atoms with van der Waals surface area (Å²) in [5.41, 5.74) is 4.49. The van der Waals surface area contributed by atoms with Crippen molar-refractivity contribution in [2.45, 2.75) is 11.8 Å². The van der Waals surface area contributed by atoms with E-state index in [0.717, 1.165) is 16.0 Å². The molecule has 1 N–H and O–H groups in total. The van der Waals surface area contributed by atoms with Gasteiger partial charge in [-0.15, -0.1) is 11.8 Å². The summed E-state index contributed by atoms with van der Waals surface area (Å²) in [5, 5.41) is 3.97. The van der Waals surface area contributed by atoms with E-state index in [-0.39, 0.29) is 5.91 Å². The molecule has 0 saturated heterocycles. The quantitative estimate of drug-likeness (QED) is 0.476. The molecular formula is C18H20N2O3S. The van der Waals surface area contributed by atoms with Gasteiger partial charge in [-0.1, -0.05) is 18.2 Å². The monoisotopic (exact) mass is 344 g/mol. The molecule has 0 atom stereocenters. The van der Waals surface area contributed by atoms with Crippen LogP contribution in [0.25, 0.3) is 0 Å². The first-order valence-electron chi connectivity index (χ1n) is 7.36. The van der Waals surface area contributed by atoms with Crippen molar-refractivity contribution >= 4 is 23.9 Å². The number of thioether (sulfide) groups is 1. The number of nitrogens with one attached hydrogen (secondary N) is 1. The average molecular weight is 344 g/mol. The third-order valence-electron chi connectivity index (χ3n) is 3.26. The standard InChI is InChI=1S/C18H20N2O3S/c1-13-6-4-5-7-17(13)24-12-18(21)20-19-11-14-8-9-15(22-2)16(10-14)23-3/h4-11H,12H2,1-3H3,(H,20,21)/b19-11-. The Morgan fingerprint density at radius 2 is 1.92 bits per heavy atom. The molecule has 126 valence electrons. The van der Waals surface area contributed by atoms with Gasteiger partial charge in [-0.2, -0.15) is 5.10 Å². The van der Waals surface area contributed by atoms with Crippen LogP contribution in [0.3, 0.4) is 0 Å². The van der Waals surface area contributed by atoms with Crippen LogP contribution in [-0.2, 0) is 4.79 Å². The first kappa shape index (κ1) is 17.9. The predicted molar refractivity (Wildman–Crippen MR) is 97.2 cm³/mol. The molecule has 0 fully saturated rings. The Morgan fingerprint density at radius 3 is 2.62 bits per heavy atom. The van der Waals surface area contributed by atoms with E-state index in [9.17, 15) is 4.79 Å². The molecule has 2 aromatic rings. The molecule has 2 aromatic carbocycles. The molecule has 5 nitrogen and oxygen atoms in total. The number of methoxy groups -OCH3 is 2. The van der Waals surface area contributed by atoms with Crippen molar-refractivity contribution in [3.05, 3.63) is 53.6 Å². The van der Waals surface area contributed by atoms with Gasteiger partial charge in [-0.25, -0.2) is 5.43 Å². The number of carbonyl (C=O) groups is 1. The summed E-state index contributed by atoms with van der Waals surface area (Å²) >= 11 is 1.49. The van der Waals surface area contributed by atoms with Gasteiger partial charge in [-0.3, -0.25) is 4.79 Å². The largest absolute Gasteiger partial charge is 0.493 e. The molecule has 0 aliphatic rings. The zero-order valence-electron chi connectivity index (χ0n) is 13.9. The lowest BCUT2D eigenvalue weighted by molar-refractivity contribution is -0.118. The van der Waals surface area contributed by atoms with Crippen LogP contribution in [0.5, 0.6) is 11.5 Å². The summed E-state index contributed by atoms with van der Waals surface area (Å²) < 4.78 is 10.4. The van der Waals surface area contributed by atoms with Crippen LogP contribution in [0.4, 0.5) is 0 Å². The van der Waals surface area contributed by atoms with E-state index in [0.29, 0.717) is 17.3 Å². The van der Waals surface area contributed by atoms with E-state index >= 15 is 0 Å². The minimum absolute atomic E-state index is 0.153. The second-order valence-corrected chi connectivity index (χ2v) is 5.98. The van der Waals surface area contributed by atoms with Crippen molar-refractivity contribution in [3.8, 4) is 11.5 Å². The predicted octanol–water partition coefficient (Wildman–Crippen LogP) is 3.25. The van der Waals surface area contributed by atoms with E-state index in [1.54, 1.807) is 32.6 Å². The molecule has 24 heavy (non-hydrogen) atoms. The topological polar surface area (TPSA) is 59.9 Å². The maximum atomic E-state index is 11.9. The Morgan fingerprint density at radius 1 is 1.17 bits per heavy atom. The van der Waals surface area contributed by atoms with E-state index in [1.807, 2.05) is 37.3 Å². The lowest BCUT2D eigenvalue weighted by Crippen LogP contribution is -2.19. The van der Waals surface area contributed by atoms with Gasteiger partial charge in [0.25, 0.3) is 0 Å². The highest BCUT2D eigenvalue weighted by Gasteiger charge is 2.05. The summed E-state index contributed by atoms with van der Waals surface area (Å²) in [7, 11) is 3.15. The van der Waals surface area contributed by atoms with Crippen LogP contribution in [0, 0.1) is 6.92 Å². The molecule has 2 rings (SSSR count). The molecular weight excluding hydrogens is 324 g/mol. The zero-order chi connectivity index (χ0) is 17.4. The summed E-state index contributed by atoms with van der Waals surface area (Å²) in [6.45, 7) is 2.02. The highest BCUT2D eigenvalue weighted by molar-refractivity contribution is 8.00. The fourth-order valence-electron chi connectivity index (χ4n) is 2.01. The van der Waals surface area contributed by atoms with E-state index in [1.165, 1.54) is 11.8 Å². The maximum absolute atomic E-state index is 11.9. The van der Waals surface area contributed by atoms with Crippen molar-refractivity contribution in [1.29, 1.82) is 0 Å². The molecule has 1 amide bonds. The fraction of sp³-hybridized carbons (Fsp3) is 0.222. The SMILES string of the molecule is COc1ccc(/C=N\NC(=O)CSc2ccccc2C)cc1OC. The van der Waals surface area contributed by atoms with Crippen LogP contribution in [0.1, 0.15) is 11.1 Å². The second-order valence-electron chi connectivity index (χ2n) is 4.96. The van der Waals surface area contributed by atoms with Crippen molar-refractivity contribution in [3.63, 3.8) is 0 Å². The van der Waals surface area contributed by atoms with Gasteiger partial charge in [0.05, 0.1) is 26.2 Å². The number of ether oxygens (including phenoxy) is 2. The molecule has 0 bridgehead atoms. The third-order valence-corrected chi connectivity index (χ3v) is 4.44. The lowest BCUT2D eigenvalue weighted by Gasteiger charge is -2.07. The van der Waals surface area contributed by atoms with Gasteiger partial charge < -0.3 is 9.47 Å². The highest BCUT2D eigenvalue weighted by Crippen LogP contribution is 2.26. The number of amides is 1. The third kappa shape index (κ3) is 5.03. The Bertz CT molecular complexity index is 732. The molecule has 0 aliphatic carbocycles. The number of hydrogen-bond donors (Lipinski definition) is 1. The van der Waals surface area contributed by atoms with Crippen molar-refractivity contribution in [2.24, 2.45) is 5.10 Å². The van der Waals surface area contributed by atoms with Gasteiger partial charge in [0.1, 0.15) is 0 Å². The molecule has 0 aromatic heterocycles. The van der Waals surface area contributed by atoms with Gasteiger partial charge in [0.15, 0.2) is 11.5 Å². The normalized spacial score (nSPS) is 10.6. The molecule has 0 heterocycles. The van der Waals surface area contributed by atoms with E-state index in [2.05, 4.69) is 10.5 Å². The summed E-state index contributed by atoms with van der Waals surface area (Å²) in [5.74, 6) is 1.42. The maximum Gasteiger partial charge on any atom is 0.250 e. The number of benzene rings is 2. The van der Waals surface area contributed by atoms with Gasteiger partial charge in [0, 0.05) is 4.90 Å². The molecule has 0 unspecified atom stereocenters. The van der Waals surface area contributed by atoms with Crippen LogP contribution >= 0.6 is 11.8 Å². The molecule has 0 spiro atoms. The van der Waals surface area contributed by atoms with Crippen molar-refractivity contribution in [2.75, 3.05) is 20.0 Å². The summed E-state index contributed by atoms with van der Waals surface area (Å²) in [6.07, 6.45) is 1.57. The Labute approximate surface area is 146 Å². The van der Waals surface area contributed by atoms with Gasteiger partial charge in [-0.05, 0) is 42.3 Å². The number of hydrogen-bond acceptors (Lipinski definition) is 5. The smallest absolute Gasteiger partial charge is 0.250 e. The number of rotatable bonds is 7. The van der Waals surface area contributed by atoms with Crippen LogP contribution < -0.4 is 14.9 Å². The molecule has 0 saturated carbocycles. The van der Waals surface area contributed by atoms with Crippen molar-refractivity contribution in [1.82, 2.24) is 5.43 Å². The fourth-order valence-corrected chi connectivity index (χ4v) is 2.83. The Balaban J connectivity index is 1.87. The Hall–Kier alpha value is -2.47. The van der Waals surface area contributed by atoms with Gasteiger partial charge in [0.2, 0.25) is 5.91 Å². The van der Waals surface area contributed by atoms with E-state index < -0.39 is 0 Å². The zero-order valence-corrected chi connectivity index (χ0v) is 14.7. The lowest BCUT2D eigenvalue weighted by atomic mass is 10.2. The Kier molecular flexibility index (Phi) is 6.69. The molecule has 0 radical (unpaired) electrons. The van der Waals surface area contributed by atoms with Gasteiger partial charge >= 0.3 is 0 Å². The van der Waals surface area contributed by atoms with Crippen LogP contribution in [0.2, 0.25) is 0 Å². The number of carbonyl (C=O) groups excluding carboxylic acids is 1. The highest BCUT2D eigenvalue weighted by atomic mass is 32.2. The average Bonchev–Trinajstić information content (AvgIpc) is 2.61. The minimum atomic E-state index is -0.153. The van der Waals surface area contributed by atoms with Crippen LogP contribution in [-0.4, -0.2) is 32.1 Å². The number of nitrogens with zero attached hydrogens (tertiary/aromatic N) is 1. The summed E-state index contributed by atoms with van der Waals surface area (Å²) in [4.78, 5) is 12.9. The molecule has 0 aliphatic heterocycles. The second kappa shape index (κ2) is 8.98. The first-order chi connectivity index (χ1) is 11.6. The summed E-state index contributed by atoms with van der Waals surface area (Å²) in [6, 6.07) is 13.4. The first-order valence-corrected chi connectivity index (χ1v) is 8.35. The molecule has 6 heteroatoms. The van der Waals surface area contributed by atoms with E-state index in [4.69, 9.17) is 9.47 Å². The van der Waals surface area contributed by atoms with Crippen molar-refractivity contribution < 1.29 is 14.3 Å². The van der Waals surface area contributed by atoms with Crippen LogP contribution in [0.15, 0.2) is 52.5 Å².